The van der Waals surface area contributed by atoms with Gasteiger partial charge in [0.2, 0.25) is 0 Å². The summed E-state index contributed by atoms with van der Waals surface area (Å²) in [5.74, 6) is 1.72. The van der Waals surface area contributed by atoms with Gasteiger partial charge in [0, 0.05) is 13.2 Å². The van der Waals surface area contributed by atoms with Crippen LogP contribution in [0.25, 0.3) is 11.0 Å². The highest BCUT2D eigenvalue weighted by molar-refractivity contribution is 5.88. The molecular formula is C27H38N2O6. The summed E-state index contributed by atoms with van der Waals surface area (Å²) < 4.78 is 29.0. The molecule has 2 saturated heterocycles. The zero-order chi connectivity index (χ0) is 24.0. The summed E-state index contributed by atoms with van der Waals surface area (Å²) in [4.78, 5) is 14.7. The van der Waals surface area contributed by atoms with E-state index in [4.69, 9.17) is 23.5 Å². The topological polar surface area (TPSA) is 83.3 Å². The van der Waals surface area contributed by atoms with Gasteiger partial charge in [-0.05, 0) is 94.6 Å². The number of ether oxygens (including phenoxy) is 4. The largest absolute Gasteiger partial charge is 0.489 e. The fraction of sp³-hybridized carbons (Fsp3) is 0.704. The second-order valence-electron chi connectivity index (χ2n) is 10.3. The molecule has 2 unspecified atom stereocenters. The van der Waals surface area contributed by atoms with Gasteiger partial charge in [-0.25, -0.2) is 0 Å². The highest BCUT2D eigenvalue weighted by Gasteiger charge is 2.27. The Morgan fingerprint density at radius 2 is 1.97 bits per heavy atom. The predicted molar refractivity (Wildman–Crippen MR) is 131 cm³/mol. The highest BCUT2D eigenvalue weighted by atomic mass is 16.5. The quantitative estimate of drug-likeness (QED) is 0.476. The normalized spacial score (nSPS) is 24.6. The summed E-state index contributed by atoms with van der Waals surface area (Å²) in [6.07, 6.45) is 8.70. The van der Waals surface area contributed by atoms with Crippen LogP contribution in [0.5, 0.6) is 11.6 Å². The van der Waals surface area contributed by atoms with E-state index in [0.29, 0.717) is 37.2 Å². The molecule has 0 spiro atoms. The van der Waals surface area contributed by atoms with Gasteiger partial charge < -0.3 is 23.5 Å². The molecule has 3 aliphatic rings. The van der Waals surface area contributed by atoms with Crippen LogP contribution in [0.4, 0.5) is 0 Å². The van der Waals surface area contributed by atoms with Gasteiger partial charge in [0.1, 0.15) is 17.7 Å². The van der Waals surface area contributed by atoms with Crippen molar-refractivity contribution in [1.82, 2.24) is 10.1 Å². The van der Waals surface area contributed by atoms with E-state index in [2.05, 4.69) is 10.1 Å². The molecule has 8 nitrogen and oxygen atoms in total. The van der Waals surface area contributed by atoms with Gasteiger partial charge in [-0.1, -0.05) is 6.07 Å². The number of rotatable bonds is 9. The Balaban J connectivity index is 1.05. The molecule has 1 saturated carbocycles. The van der Waals surface area contributed by atoms with Crippen LogP contribution in [0, 0.1) is 11.8 Å². The number of aromatic nitrogens is 1. The average molecular weight is 487 g/mol. The third-order valence-corrected chi connectivity index (χ3v) is 7.66. The first-order chi connectivity index (χ1) is 17.2. The molecule has 5 rings (SSSR count). The van der Waals surface area contributed by atoms with Crippen LogP contribution in [0.2, 0.25) is 0 Å². The van der Waals surface area contributed by atoms with Crippen LogP contribution < -0.4 is 9.47 Å². The standard InChI is InChI=1S/C27H38N2O6/c1-19-17-21(11-15-31-19)27(30)32-16-14-29-12-9-20(10-13-29)18-33-26-25-23(34-22-5-2-3-6-22)7-4-8-24(25)35-28-26/h4,7-8,19-22H,2-3,5-6,9-18H2,1H3. The van der Waals surface area contributed by atoms with Crippen molar-refractivity contribution in [2.24, 2.45) is 11.8 Å². The Bertz CT molecular complexity index is 964. The number of hydrogen-bond acceptors (Lipinski definition) is 8. The van der Waals surface area contributed by atoms with Gasteiger partial charge in [0.25, 0.3) is 5.88 Å². The molecule has 0 amide bonds. The molecule has 3 fully saturated rings. The minimum absolute atomic E-state index is 0.0154. The van der Waals surface area contributed by atoms with Crippen molar-refractivity contribution < 1.29 is 28.3 Å². The Labute approximate surface area is 207 Å². The van der Waals surface area contributed by atoms with Crippen molar-refractivity contribution in [1.29, 1.82) is 0 Å². The lowest BCUT2D eigenvalue weighted by atomic mass is 9.96. The number of carbonyl (C=O) groups is 1. The smallest absolute Gasteiger partial charge is 0.309 e. The molecule has 2 aliphatic heterocycles. The fourth-order valence-electron chi connectivity index (χ4n) is 5.50. The monoisotopic (exact) mass is 486 g/mol. The van der Waals surface area contributed by atoms with Crippen molar-refractivity contribution in [2.75, 3.05) is 39.5 Å². The van der Waals surface area contributed by atoms with Crippen LogP contribution >= 0.6 is 0 Å². The first-order valence-electron chi connectivity index (χ1n) is 13.3. The lowest BCUT2D eigenvalue weighted by Gasteiger charge is -2.31. The summed E-state index contributed by atoms with van der Waals surface area (Å²) >= 11 is 0. The van der Waals surface area contributed by atoms with E-state index in [0.717, 1.165) is 69.3 Å². The Kier molecular flexibility index (Phi) is 8.09. The minimum Gasteiger partial charge on any atom is -0.489 e. The Hall–Kier alpha value is -2.32. The van der Waals surface area contributed by atoms with Gasteiger partial charge >= 0.3 is 5.97 Å². The molecule has 2 atom stereocenters. The second-order valence-corrected chi connectivity index (χ2v) is 10.3. The SMILES string of the molecule is CC1CC(C(=O)OCCN2CCC(COc3noc4cccc(OC5CCCC5)c34)CC2)CCO1. The molecule has 3 heterocycles. The van der Waals surface area contributed by atoms with Gasteiger partial charge in [-0.3, -0.25) is 9.69 Å². The summed E-state index contributed by atoms with van der Waals surface area (Å²) in [5.41, 5.74) is 0.704. The van der Waals surface area contributed by atoms with Gasteiger partial charge in [0.15, 0.2) is 5.58 Å². The molecule has 192 valence electrons. The summed E-state index contributed by atoms with van der Waals surface area (Å²) in [7, 11) is 0. The molecule has 1 aliphatic carbocycles. The van der Waals surface area contributed by atoms with E-state index < -0.39 is 0 Å². The maximum atomic E-state index is 12.3. The fourth-order valence-corrected chi connectivity index (χ4v) is 5.50. The zero-order valence-electron chi connectivity index (χ0n) is 20.8. The number of likely N-dealkylation sites (tertiary alicyclic amines) is 1. The molecule has 1 aromatic heterocycles. The molecule has 35 heavy (non-hydrogen) atoms. The van der Waals surface area contributed by atoms with E-state index in [1.807, 2.05) is 25.1 Å². The number of hydrogen-bond donors (Lipinski definition) is 0. The first-order valence-corrected chi connectivity index (χ1v) is 13.3. The number of benzene rings is 1. The summed E-state index contributed by atoms with van der Waals surface area (Å²) in [6.45, 7) is 6.49. The van der Waals surface area contributed by atoms with E-state index in [1.54, 1.807) is 0 Å². The van der Waals surface area contributed by atoms with Gasteiger partial charge in [-0.15, -0.1) is 0 Å². The lowest BCUT2D eigenvalue weighted by Crippen LogP contribution is -2.38. The molecule has 0 bridgehead atoms. The highest BCUT2D eigenvalue weighted by Crippen LogP contribution is 2.36. The number of nitrogens with zero attached hydrogens (tertiary/aromatic N) is 2. The van der Waals surface area contributed by atoms with Crippen LogP contribution in [0.15, 0.2) is 22.7 Å². The Morgan fingerprint density at radius 3 is 2.77 bits per heavy atom. The molecule has 0 radical (unpaired) electrons. The summed E-state index contributed by atoms with van der Waals surface area (Å²) in [5, 5.41) is 5.03. The molecule has 2 aromatic rings. The van der Waals surface area contributed by atoms with Crippen LogP contribution in [0.3, 0.4) is 0 Å². The second kappa shape index (κ2) is 11.6. The minimum atomic E-state index is -0.0699. The van der Waals surface area contributed by atoms with Crippen LogP contribution in [-0.4, -0.2) is 67.7 Å². The molecular weight excluding hydrogens is 448 g/mol. The number of esters is 1. The van der Waals surface area contributed by atoms with Gasteiger partial charge in [-0.2, -0.15) is 0 Å². The molecule has 0 N–H and O–H groups in total. The van der Waals surface area contributed by atoms with Crippen molar-refractivity contribution in [3.8, 4) is 11.6 Å². The number of carbonyl (C=O) groups excluding carboxylic acids is 1. The maximum absolute atomic E-state index is 12.3. The average Bonchev–Trinajstić information content (AvgIpc) is 3.54. The Morgan fingerprint density at radius 1 is 1.14 bits per heavy atom. The van der Waals surface area contributed by atoms with Crippen molar-refractivity contribution in [3.05, 3.63) is 18.2 Å². The van der Waals surface area contributed by atoms with Crippen LogP contribution in [0.1, 0.15) is 58.3 Å². The van der Waals surface area contributed by atoms with E-state index >= 15 is 0 Å². The van der Waals surface area contributed by atoms with Crippen molar-refractivity contribution in [3.63, 3.8) is 0 Å². The van der Waals surface area contributed by atoms with E-state index in [9.17, 15) is 4.79 Å². The maximum Gasteiger partial charge on any atom is 0.309 e. The zero-order valence-corrected chi connectivity index (χ0v) is 20.8. The van der Waals surface area contributed by atoms with E-state index in [-0.39, 0.29) is 24.1 Å². The lowest BCUT2D eigenvalue weighted by molar-refractivity contribution is -0.154. The number of fused-ring (bicyclic) bond motifs is 1. The third kappa shape index (κ3) is 6.28. The third-order valence-electron chi connectivity index (χ3n) is 7.66. The van der Waals surface area contributed by atoms with E-state index in [1.165, 1.54) is 12.8 Å². The van der Waals surface area contributed by atoms with Crippen molar-refractivity contribution in [2.45, 2.75) is 70.5 Å². The first kappa shape index (κ1) is 24.4. The molecule has 8 heteroatoms. The molecule has 1 aromatic carbocycles. The summed E-state index contributed by atoms with van der Waals surface area (Å²) in [6, 6.07) is 5.84. The van der Waals surface area contributed by atoms with Gasteiger partial charge in [0.05, 0.1) is 24.7 Å². The number of piperidine rings is 1. The van der Waals surface area contributed by atoms with Crippen LogP contribution in [-0.2, 0) is 14.3 Å². The predicted octanol–water partition coefficient (Wildman–Crippen LogP) is 4.60. The van der Waals surface area contributed by atoms with Crippen molar-refractivity contribution >= 4 is 16.9 Å².